The number of benzene rings is 2. The van der Waals surface area contributed by atoms with Gasteiger partial charge >= 0.3 is 0 Å². The fraction of sp³-hybridized carbons (Fsp3) is 0.500. The second-order valence-electron chi connectivity index (χ2n) is 9.80. The summed E-state index contributed by atoms with van der Waals surface area (Å²) < 4.78 is 26.4. The molecular formula is C28H41N3O4S. The van der Waals surface area contributed by atoms with E-state index in [1.807, 2.05) is 71.0 Å². The van der Waals surface area contributed by atoms with Gasteiger partial charge in [0, 0.05) is 26.1 Å². The lowest BCUT2D eigenvalue weighted by Crippen LogP contribution is -2.49. The number of carbonyl (C=O) groups is 2. The Bertz CT molecular complexity index is 1130. The lowest BCUT2D eigenvalue weighted by molar-refractivity contribution is -0.141. The third-order valence-corrected chi connectivity index (χ3v) is 7.22. The van der Waals surface area contributed by atoms with E-state index in [9.17, 15) is 18.0 Å². The molecule has 36 heavy (non-hydrogen) atoms. The van der Waals surface area contributed by atoms with Crippen molar-refractivity contribution in [3.63, 3.8) is 0 Å². The van der Waals surface area contributed by atoms with Crippen molar-refractivity contribution in [1.29, 1.82) is 0 Å². The second kappa shape index (κ2) is 13.4. The van der Waals surface area contributed by atoms with Gasteiger partial charge < -0.3 is 10.2 Å². The molecule has 0 bridgehead atoms. The van der Waals surface area contributed by atoms with Crippen LogP contribution in [-0.2, 0) is 26.2 Å². The van der Waals surface area contributed by atoms with Crippen LogP contribution in [0.25, 0.3) is 0 Å². The van der Waals surface area contributed by atoms with E-state index in [4.69, 9.17) is 0 Å². The van der Waals surface area contributed by atoms with Crippen LogP contribution < -0.4 is 9.62 Å². The fourth-order valence-corrected chi connectivity index (χ4v) is 5.20. The van der Waals surface area contributed by atoms with Gasteiger partial charge in [-0.2, -0.15) is 0 Å². The van der Waals surface area contributed by atoms with Crippen molar-refractivity contribution in [2.24, 2.45) is 5.92 Å². The summed E-state index contributed by atoms with van der Waals surface area (Å²) in [6, 6.07) is 14.6. The lowest BCUT2D eigenvalue weighted by Gasteiger charge is -2.31. The van der Waals surface area contributed by atoms with Crippen molar-refractivity contribution < 1.29 is 18.0 Å². The smallest absolute Gasteiger partial charge is 0.242 e. The summed E-state index contributed by atoms with van der Waals surface area (Å²) in [4.78, 5) is 28.2. The molecule has 2 rings (SSSR count). The molecule has 1 atom stereocenters. The first-order chi connectivity index (χ1) is 16.9. The molecule has 7 nitrogen and oxygen atoms in total. The fourth-order valence-electron chi connectivity index (χ4n) is 4.17. The van der Waals surface area contributed by atoms with Crippen LogP contribution in [0.2, 0.25) is 0 Å². The second-order valence-corrected chi connectivity index (χ2v) is 11.7. The van der Waals surface area contributed by atoms with Gasteiger partial charge in [-0.25, -0.2) is 8.42 Å². The summed E-state index contributed by atoms with van der Waals surface area (Å²) in [7, 11) is -3.52. The molecule has 0 fully saturated rings. The highest BCUT2D eigenvalue weighted by Crippen LogP contribution is 2.23. The molecular weight excluding hydrogens is 474 g/mol. The van der Waals surface area contributed by atoms with Gasteiger partial charge in [0.1, 0.15) is 6.04 Å². The van der Waals surface area contributed by atoms with Gasteiger partial charge in [0.2, 0.25) is 21.8 Å². The van der Waals surface area contributed by atoms with Gasteiger partial charge in [-0.3, -0.25) is 13.9 Å². The van der Waals surface area contributed by atoms with E-state index < -0.39 is 16.1 Å². The first-order valence-corrected chi connectivity index (χ1v) is 14.4. The highest BCUT2D eigenvalue weighted by molar-refractivity contribution is 7.92. The highest BCUT2D eigenvalue weighted by atomic mass is 32.2. The van der Waals surface area contributed by atoms with Crippen LogP contribution in [0.4, 0.5) is 5.69 Å². The predicted molar refractivity (Wildman–Crippen MR) is 146 cm³/mol. The Morgan fingerprint density at radius 1 is 1.03 bits per heavy atom. The van der Waals surface area contributed by atoms with E-state index in [1.54, 1.807) is 17.0 Å². The summed E-state index contributed by atoms with van der Waals surface area (Å²) >= 11 is 0. The average Bonchev–Trinajstić information content (AvgIpc) is 2.80. The summed E-state index contributed by atoms with van der Waals surface area (Å²) in [5.41, 5.74) is 3.50. The highest BCUT2D eigenvalue weighted by Gasteiger charge is 2.29. The van der Waals surface area contributed by atoms with Crippen LogP contribution in [0.5, 0.6) is 0 Å². The van der Waals surface area contributed by atoms with Crippen molar-refractivity contribution >= 4 is 27.5 Å². The maximum Gasteiger partial charge on any atom is 0.242 e. The van der Waals surface area contributed by atoms with Crippen LogP contribution in [0.1, 0.15) is 56.7 Å². The minimum atomic E-state index is -3.52. The maximum absolute atomic E-state index is 13.5. The number of para-hydroxylation sites is 1. The molecule has 0 aromatic heterocycles. The summed E-state index contributed by atoms with van der Waals surface area (Å²) in [6.45, 7) is 10.9. The average molecular weight is 516 g/mol. The van der Waals surface area contributed by atoms with Crippen molar-refractivity contribution in [3.8, 4) is 0 Å². The molecule has 2 aromatic rings. The Kier molecular flexibility index (Phi) is 11.0. The molecule has 0 saturated carbocycles. The van der Waals surface area contributed by atoms with Crippen molar-refractivity contribution in [2.75, 3.05) is 23.7 Å². The van der Waals surface area contributed by atoms with Crippen LogP contribution in [0.15, 0.2) is 48.5 Å². The van der Waals surface area contributed by atoms with Crippen LogP contribution >= 0.6 is 0 Å². The largest absolute Gasteiger partial charge is 0.354 e. The molecule has 0 aliphatic rings. The summed E-state index contributed by atoms with van der Waals surface area (Å²) in [6.07, 6.45) is 2.14. The number of anilines is 1. The number of rotatable bonds is 13. The van der Waals surface area contributed by atoms with Gasteiger partial charge in [0.25, 0.3) is 0 Å². The minimum absolute atomic E-state index is 0.137. The number of nitrogens with zero attached hydrogens (tertiary/aromatic N) is 2. The standard InChI is InChI=1S/C28H41N3O4S/c1-7-25(28(33)29-19-21(2)3)30(20-24-14-10-12-22(4)18-24)27(32)16-11-17-31(36(6,34)35)26-15-9-8-13-23(26)5/h8-10,12-15,18,21,25H,7,11,16-17,19-20H2,1-6H3,(H,29,33)/t25-/m0/s1. The van der Waals surface area contributed by atoms with Crippen molar-refractivity contribution in [3.05, 3.63) is 65.2 Å². The van der Waals surface area contributed by atoms with Crippen LogP contribution in [0, 0.1) is 19.8 Å². The maximum atomic E-state index is 13.5. The summed E-state index contributed by atoms with van der Waals surface area (Å²) in [5, 5.41) is 2.97. The number of aryl methyl sites for hydroxylation is 2. The van der Waals surface area contributed by atoms with Gasteiger partial charge in [-0.15, -0.1) is 0 Å². The molecule has 2 amide bonds. The molecule has 8 heteroatoms. The van der Waals surface area contributed by atoms with Gasteiger partial charge in [-0.1, -0.05) is 68.8 Å². The van der Waals surface area contributed by atoms with E-state index in [0.29, 0.717) is 37.5 Å². The van der Waals surface area contributed by atoms with E-state index >= 15 is 0 Å². The number of sulfonamides is 1. The zero-order valence-electron chi connectivity index (χ0n) is 22.5. The molecule has 0 unspecified atom stereocenters. The SMILES string of the molecule is CC[C@@H](C(=O)NCC(C)C)N(Cc1cccc(C)c1)C(=O)CCCN(c1ccccc1C)S(C)(=O)=O. The molecule has 0 saturated heterocycles. The molecule has 2 aromatic carbocycles. The number of nitrogens with one attached hydrogen (secondary N) is 1. The number of amides is 2. The Labute approximate surface area is 216 Å². The Balaban J connectivity index is 2.22. The van der Waals surface area contributed by atoms with Crippen LogP contribution in [-0.4, -0.2) is 50.5 Å². The van der Waals surface area contributed by atoms with Gasteiger partial charge in [0.05, 0.1) is 11.9 Å². The Hall–Kier alpha value is -2.87. The van der Waals surface area contributed by atoms with Crippen molar-refractivity contribution in [2.45, 2.75) is 66.5 Å². The third-order valence-electron chi connectivity index (χ3n) is 6.04. The van der Waals surface area contributed by atoms with Crippen molar-refractivity contribution in [1.82, 2.24) is 10.2 Å². The van der Waals surface area contributed by atoms with Gasteiger partial charge in [-0.05, 0) is 49.8 Å². The molecule has 0 heterocycles. The summed E-state index contributed by atoms with van der Waals surface area (Å²) in [5.74, 6) is -0.0260. The normalized spacial score (nSPS) is 12.3. The molecule has 0 aliphatic heterocycles. The third kappa shape index (κ3) is 8.66. The minimum Gasteiger partial charge on any atom is -0.354 e. The predicted octanol–water partition coefficient (Wildman–Crippen LogP) is 4.43. The number of hydrogen-bond acceptors (Lipinski definition) is 4. The molecule has 198 valence electrons. The quantitative estimate of drug-likeness (QED) is 0.428. The molecule has 0 spiro atoms. The Morgan fingerprint density at radius 2 is 1.72 bits per heavy atom. The first-order valence-electron chi connectivity index (χ1n) is 12.6. The van der Waals surface area contributed by atoms with E-state index in [1.165, 1.54) is 10.6 Å². The topological polar surface area (TPSA) is 86.8 Å². The molecule has 0 aliphatic carbocycles. The van der Waals surface area contributed by atoms with E-state index in [-0.39, 0.29) is 24.8 Å². The van der Waals surface area contributed by atoms with Gasteiger partial charge in [0.15, 0.2) is 0 Å². The lowest BCUT2D eigenvalue weighted by atomic mass is 10.1. The number of carbonyl (C=O) groups excluding carboxylic acids is 2. The van der Waals surface area contributed by atoms with E-state index in [2.05, 4.69) is 5.32 Å². The monoisotopic (exact) mass is 515 g/mol. The molecule has 1 N–H and O–H groups in total. The Morgan fingerprint density at radius 3 is 2.31 bits per heavy atom. The molecule has 0 radical (unpaired) electrons. The first kappa shape index (κ1) is 29.4. The number of hydrogen-bond donors (Lipinski definition) is 1. The zero-order valence-corrected chi connectivity index (χ0v) is 23.3. The van der Waals surface area contributed by atoms with E-state index in [0.717, 1.165) is 16.7 Å². The van der Waals surface area contributed by atoms with Crippen LogP contribution in [0.3, 0.4) is 0 Å². The zero-order chi connectivity index (χ0) is 26.9.